The van der Waals surface area contributed by atoms with Crippen molar-refractivity contribution in [3.8, 4) is 0 Å². The van der Waals surface area contributed by atoms with Crippen LogP contribution in [-0.4, -0.2) is 51.2 Å². The van der Waals surface area contributed by atoms with Gasteiger partial charge in [0.2, 0.25) is 0 Å². The van der Waals surface area contributed by atoms with Crippen LogP contribution in [0.1, 0.15) is 5.56 Å². The Bertz CT molecular complexity index is 312. The van der Waals surface area contributed by atoms with Crippen molar-refractivity contribution in [1.29, 1.82) is 0 Å². The molecule has 1 aromatic heterocycles. The summed E-state index contributed by atoms with van der Waals surface area (Å²) in [5.41, 5.74) is 2.50. The van der Waals surface area contributed by atoms with Crippen LogP contribution in [0.25, 0.3) is 0 Å². The molecule has 0 radical (unpaired) electrons. The molecule has 1 rings (SSSR count). The Balaban J connectivity index is 2.69. The second-order valence-electron chi connectivity index (χ2n) is 4.26. The second-order valence-corrected chi connectivity index (χ2v) is 4.26. The van der Waals surface area contributed by atoms with E-state index >= 15 is 0 Å². The predicted octanol–water partition coefficient (Wildman–Crippen LogP) is 0.799. The van der Waals surface area contributed by atoms with Crippen LogP contribution in [-0.2, 0) is 6.54 Å². The maximum atomic E-state index is 4.19. The molecule has 0 aromatic carbocycles. The average molecular weight is 222 g/mol. The lowest BCUT2D eigenvalue weighted by Crippen LogP contribution is -2.29. The lowest BCUT2D eigenvalue weighted by molar-refractivity contribution is 0.416. The van der Waals surface area contributed by atoms with Crippen molar-refractivity contribution in [1.82, 2.24) is 15.2 Å². The van der Waals surface area contributed by atoms with Crippen LogP contribution in [0.15, 0.2) is 18.5 Å². The Morgan fingerprint density at radius 2 is 2.00 bits per heavy atom. The molecule has 0 aliphatic carbocycles. The molecule has 90 valence electrons. The minimum atomic E-state index is 0.879. The zero-order chi connectivity index (χ0) is 12.0. The molecule has 0 fully saturated rings. The number of aromatic nitrogens is 1. The summed E-state index contributed by atoms with van der Waals surface area (Å²) in [5, 5.41) is 3.18. The Hall–Kier alpha value is -1.13. The molecule has 1 N–H and O–H groups in total. The van der Waals surface area contributed by atoms with Gasteiger partial charge in [0.1, 0.15) is 0 Å². The lowest BCUT2D eigenvalue weighted by Gasteiger charge is -2.23. The summed E-state index contributed by atoms with van der Waals surface area (Å²) in [4.78, 5) is 8.63. The molecular formula is C12H22N4. The first kappa shape index (κ1) is 12.9. The van der Waals surface area contributed by atoms with Crippen LogP contribution in [0.3, 0.4) is 0 Å². The molecule has 0 saturated heterocycles. The summed E-state index contributed by atoms with van der Waals surface area (Å²) in [7, 11) is 8.25. The zero-order valence-electron chi connectivity index (χ0n) is 10.7. The maximum Gasteiger partial charge on any atom is 0.0596 e. The molecule has 16 heavy (non-hydrogen) atoms. The zero-order valence-corrected chi connectivity index (χ0v) is 10.7. The SMILES string of the molecule is CNCc1ccncc1N(C)CCN(C)C. The third-order valence-electron chi connectivity index (χ3n) is 2.55. The Morgan fingerprint density at radius 1 is 1.25 bits per heavy atom. The third kappa shape index (κ3) is 3.79. The highest BCUT2D eigenvalue weighted by molar-refractivity contribution is 5.50. The van der Waals surface area contributed by atoms with Crippen molar-refractivity contribution in [3.63, 3.8) is 0 Å². The van der Waals surface area contributed by atoms with Gasteiger partial charge in [0.25, 0.3) is 0 Å². The topological polar surface area (TPSA) is 31.4 Å². The number of hydrogen-bond acceptors (Lipinski definition) is 4. The van der Waals surface area contributed by atoms with E-state index in [0.29, 0.717) is 0 Å². The highest BCUT2D eigenvalue weighted by Gasteiger charge is 2.06. The largest absolute Gasteiger partial charge is 0.372 e. The van der Waals surface area contributed by atoms with Crippen molar-refractivity contribution in [2.24, 2.45) is 0 Å². The molecule has 4 nitrogen and oxygen atoms in total. The Kier molecular flexibility index (Phi) is 5.22. The van der Waals surface area contributed by atoms with Gasteiger partial charge in [-0.2, -0.15) is 0 Å². The molecule has 0 bridgehead atoms. The lowest BCUT2D eigenvalue weighted by atomic mass is 10.2. The Morgan fingerprint density at radius 3 is 2.62 bits per heavy atom. The number of likely N-dealkylation sites (N-methyl/N-ethyl adjacent to an activating group) is 2. The third-order valence-corrected chi connectivity index (χ3v) is 2.55. The molecule has 1 heterocycles. The molecular weight excluding hydrogens is 200 g/mol. The molecule has 0 saturated carbocycles. The van der Waals surface area contributed by atoms with Crippen LogP contribution in [0, 0.1) is 0 Å². The second kappa shape index (κ2) is 6.45. The normalized spacial score (nSPS) is 10.8. The first-order valence-electron chi connectivity index (χ1n) is 5.58. The van der Waals surface area contributed by atoms with E-state index in [1.54, 1.807) is 0 Å². The summed E-state index contributed by atoms with van der Waals surface area (Å²) < 4.78 is 0. The van der Waals surface area contributed by atoms with Crippen molar-refractivity contribution in [3.05, 3.63) is 24.0 Å². The molecule has 1 aromatic rings. The van der Waals surface area contributed by atoms with Crippen LogP contribution >= 0.6 is 0 Å². The summed E-state index contributed by atoms with van der Waals surface area (Å²) >= 11 is 0. The van der Waals surface area contributed by atoms with E-state index in [1.807, 2.05) is 19.4 Å². The van der Waals surface area contributed by atoms with Gasteiger partial charge in [0, 0.05) is 32.9 Å². The van der Waals surface area contributed by atoms with Crippen molar-refractivity contribution in [2.75, 3.05) is 46.2 Å². The quantitative estimate of drug-likeness (QED) is 0.771. The number of nitrogens with one attached hydrogen (secondary N) is 1. The minimum Gasteiger partial charge on any atom is -0.372 e. The smallest absolute Gasteiger partial charge is 0.0596 e. The first-order chi connectivity index (χ1) is 7.65. The van der Waals surface area contributed by atoms with Gasteiger partial charge in [0.15, 0.2) is 0 Å². The van der Waals surface area contributed by atoms with E-state index in [0.717, 1.165) is 19.6 Å². The van der Waals surface area contributed by atoms with E-state index < -0.39 is 0 Å². The van der Waals surface area contributed by atoms with E-state index in [-0.39, 0.29) is 0 Å². The first-order valence-corrected chi connectivity index (χ1v) is 5.58. The monoisotopic (exact) mass is 222 g/mol. The van der Waals surface area contributed by atoms with Crippen molar-refractivity contribution >= 4 is 5.69 Å². The maximum absolute atomic E-state index is 4.19. The van der Waals surface area contributed by atoms with Gasteiger partial charge in [-0.1, -0.05) is 0 Å². The fourth-order valence-electron chi connectivity index (χ4n) is 1.57. The molecule has 0 spiro atoms. The molecule has 4 heteroatoms. The van der Waals surface area contributed by atoms with Gasteiger partial charge in [-0.05, 0) is 32.8 Å². The van der Waals surface area contributed by atoms with E-state index in [4.69, 9.17) is 0 Å². The van der Waals surface area contributed by atoms with Gasteiger partial charge >= 0.3 is 0 Å². The van der Waals surface area contributed by atoms with E-state index in [2.05, 4.69) is 47.3 Å². The molecule has 0 atom stereocenters. The van der Waals surface area contributed by atoms with Crippen LogP contribution in [0.5, 0.6) is 0 Å². The van der Waals surface area contributed by atoms with Gasteiger partial charge in [-0.25, -0.2) is 0 Å². The van der Waals surface area contributed by atoms with Crippen molar-refractivity contribution < 1.29 is 0 Å². The summed E-state index contributed by atoms with van der Waals surface area (Å²) in [6, 6.07) is 2.07. The summed E-state index contributed by atoms with van der Waals surface area (Å²) in [6.07, 6.45) is 3.78. The Labute approximate surface area is 98.3 Å². The molecule has 0 aliphatic rings. The van der Waals surface area contributed by atoms with Crippen LogP contribution in [0.2, 0.25) is 0 Å². The average Bonchev–Trinajstić information content (AvgIpc) is 2.27. The fourth-order valence-corrected chi connectivity index (χ4v) is 1.57. The van der Waals surface area contributed by atoms with E-state index in [9.17, 15) is 0 Å². The highest BCUT2D eigenvalue weighted by Crippen LogP contribution is 2.17. The van der Waals surface area contributed by atoms with Crippen LogP contribution < -0.4 is 10.2 Å². The van der Waals surface area contributed by atoms with Gasteiger partial charge in [-0.15, -0.1) is 0 Å². The molecule has 0 aliphatic heterocycles. The molecule has 0 unspecified atom stereocenters. The minimum absolute atomic E-state index is 0.879. The van der Waals surface area contributed by atoms with Crippen molar-refractivity contribution in [2.45, 2.75) is 6.54 Å². The number of rotatable bonds is 6. The number of pyridine rings is 1. The van der Waals surface area contributed by atoms with Gasteiger partial charge in [-0.3, -0.25) is 4.98 Å². The standard InChI is InChI=1S/C12H22N4/c1-13-9-11-5-6-14-10-12(11)16(4)8-7-15(2)3/h5-6,10,13H,7-9H2,1-4H3. The van der Waals surface area contributed by atoms with Gasteiger partial charge < -0.3 is 15.1 Å². The number of hydrogen-bond donors (Lipinski definition) is 1. The number of anilines is 1. The van der Waals surface area contributed by atoms with Gasteiger partial charge in [0.05, 0.1) is 11.9 Å². The predicted molar refractivity (Wildman–Crippen MR) is 68.8 cm³/mol. The van der Waals surface area contributed by atoms with Crippen LogP contribution in [0.4, 0.5) is 5.69 Å². The summed E-state index contributed by atoms with van der Waals surface area (Å²) in [5.74, 6) is 0. The molecule has 0 amide bonds. The fraction of sp³-hybridized carbons (Fsp3) is 0.583. The highest BCUT2D eigenvalue weighted by atomic mass is 15.2. The summed E-state index contributed by atoms with van der Waals surface area (Å²) in [6.45, 7) is 2.93. The van der Waals surface area contributed by atoms with E-state index in [1.165, 1.54) is 11.3 Å². The number of nitrogens with zero attached hydrogens (tertiary/aromatic N) is 3.